The lowest BCUT2D eigenvalue weighted by atomic mass is 9.98. The third-order valence-electron chi connectivity index (χ3n) is 5.92. The van der Waals surface area contributed by atoms with Crippen molar-refractivity contribution in [1.29, 1.82) is 0 Å². The first-order valence-electron chi connectivity index (χ1n) is 11.3. The average Bonchev–Trinajstić information content (AvgIpc) is 3.10. The van der Waals surface area contributed by atoms with Crippen LogP contribution in [0, 0.1) is 0 Å². The molecule has 7 nitrogen and oxygen atoms in total. The zero-order chi connectivity index (χ0) is 23.5. The first kappa shape index (κ1) is 22.9. The van der Waals surface area contributed by atoms with E-state index in [-0.39, 0.29) is 17.1 Å². The topological polar surface area (TPSA) is 72.2 Å². The summed E-state index contributed by atoms with van der Waals surface area (Å²) in [6, 6.07) is 12.1. The summed E-state index contributed by atoms with van der Waals surface area (Å²) in [4.78, 5) is 30.6. The van der Waals surface area contributed by atoms with Crippen LogP contribution in [0.3, 0.4) is 0 Å². The minimum atomic E-state index is -0.563. The van der Waals surface area contributed by atoms with Crippen molar-refractivity contribution < 1.29 is 18.7 Å². The molecule has 1 aromatic heterocycles. The fourth-order valence-electron chi connectivity index (χ4n) is 4.15. The Morgan fingerprint density at radius 2 is 1.88 bits per heavy atom. The smallest absolute Gasteiger partial charge is 0.290 e. The maximum absolute atomic E-state index is 13.5. The molecule has 0 saturated heterocycles. The molecule has 0 saturated carbocycles. The normalized spacial score (nSPS) is 15.4. The number of methoxy groups -OCH3 is 1. The number of benzene rings is 2. The number of unbranched alkanes of at least 4 members (excludes halogenated alkanes) is 1. The van der Waals surface area contributed by atoms with Gasteiger partial charge in [0.05, 0.1) is 30.7 Å². The summed E-state index contributed by atoms with van der Waals surface area (Å²) < 4.78 is 17.4. The van der Waals surface area contributed by atoms with Crippen molar-refractivity contribution in [2.24, 2.45) is 0 Å². The highest BCUT2D eigenvalue weighted by molar-refractivity contribution is 5.99. The van der Waals surface area contributed by atoms with E-state index in [1.54, 1.807) is 36.3 Å². The second kappa shape index (κ2) is 9.67. The number of fused-ring (bicyclic) bond motifs is 2. The second-order valence-electron chi connectivity index (χ2n) is 8.49. The quantitative estimate of drug-likeness (QED) is 0.458. The van der Waals surface area contributed by atoms with Crippen LogP contribution in [0.1, 0.15) is 47.5 Å². The standard InChI is InChI=1S/C26H30N2O5/c1-5-6-15-32-20-12-11-17(16-21(20)31-4)23-22-24(29)18-9-7-8-10-19(18)33-25(22)26(30)28(23)14-13-27(2)3/h7-12,16,23H,5-6,13-15H2,1-4H3. The molecule has 1 unspecified atom stereocenters. The number of hydrogen-bond acceptors (Lipinski definition) is 6. The zero-order valence-electron chi connectivity index (χ0n) is 19.6. The Bertz CT molecular complexity index is 1220. The van der Waals surface area contributed by atoms with E-state index < -0.39 is 6.04 Å². The van der Waals surface area contributed by atoms with E-state index in [4.69, 9.17) is 13.9 Å². The van der Waals surface area contributed by atoms with Gasteiger partial charge >= 0.3 is 0 Å². The first-order chi connectivity index (χ1) is 16.0. The molecule has 0 bridgehead atoms. The monoisotopic (exact) mass is 450 g/mol. The molecule has 1 atom stereocenters. The minimum absolute atomic E-state index is 0.115. The fraction of sp³-hybridized carbons (Fsp3) is 0.385. The van der Waals surface area contributed by atoms with Gasteiger partial charge in [-0.3, -0.25) is 9.59 Å². The number of amides is 1. The molecule has 4 rings (SSSR count). The Kier molecular flexibility index (Phi) is 6.70. The summed E-state index contributed by atoms with van der Waals surface area (Å²) >= 11 is 0. The number of rotatable bonds is 9. The van der Waals surface area contributed by atoms with Crippen molar-refractivity contribution in [3.8, 4) is 11.5 Å². The molecule has 1 aliphatic heterocycles. The van der Waals surface area contributed by atoms with E-state index >= 15 is 0 Å². The predicted octanol–water partition coefficient (Wildman–Crippen LogP) is 4.09. The van der Waals surface area contributed by atoms with Crippen LogP contribution < -0.4 is 14.9 Å². The number of carbonyl (C=O) groups excluding carboxylic acids is 1. The van der Waals surface area contributed by atoms with E-state index in [9.17, 15) is 9.59 Å². The molecular weight excluding hydrogens is 420 g/mol. The van der Waals surface area contributed by atoms with Gasteiger partial charge in [-0.2, -0.15) is 0 Å². The molecule has 7 heteroatoms. The number of carbonyl (C=O) groups is 1. The molecule has 33 heavy (non-hydrogen) atoms. The summed E-state index contributed by atoms with van der Waals surface area (Å²) in [6.07, 6.45) is 1.98. The summed E-state index contributed by atoms with van der Waals surface area (Å²) in [7, 11) is 5.49. The largest absolute Gasteiger partial charge is 0.493 e. The highest BCUT2D eigenvalue weighted by Gasteiger charge is 2.42. The Hall–Kier alpha value is -3.32. The van der Waals surface area contributed by atoms with Gasteiger partial charge in [-0.05, 0) is 50.3 Å². The lowest BCUT2D eigenvalue weighted by molar-refractivity contribution is 0.0716. The Labute approximate surface area is 193 Å². The predicted molar refractivity (Wildman–Crippen MR) is 127 cm³/mol. The molecule has 0 aliphatic carbocycles. The third-order valence-corrected chi connectivity index (χ3v) is 5.92. The van der Waals surface area contributed by atoms with Crippen molar-refractivity contribution in [1.82, 2.24) is 9.80 Å². The minimum Gasteiger partial charge on any atom is -0.493 e. The van der Waals surface area contributed by atoms with Gasteiger partial charge in [-0.1, -0.05) is 31.5 Å². The van der Waals surface area contributed by atoms with Crippen molar-refractivity contribution in [3.63, 3.8) is 0 Å². The number of para-hydroxylation sites is 1. The van der Waals surface area contributed by atoms with Crippen molar-refractivity contribution in [2.45, 2.75) is 25.8 Å². The number of hydrogen-bond donors (Lipinski definition) is 0. The Balaban J connectivity index is 1.83. The first-order valence-corrected chi connectivity index (χ1v) is 11.3. The van der Waals surface area contributed by atoms with Gasteiger partial charge in [0.2, 0.25) is 5.76 Å². The van der Waals surface area contributed by atoms with Gasteiger partial charge in [0.1, 0.15) is 5.58 Å². The molecule has 0 N–H and O–H groups in total. The zero-order valence-corrected chi connectivity index (χ0v) is 19.6. The van der Waals surface area contributed by atoms with Gasteiger partial charge in [-0.15, -0.1) is 0 Å². The summed E-state index contributed by atoms with van der Waals surface area (Å²) in [5.41, 5.74) is 1.39. The van der Waals surface area contributed by atoms with Gasteiger partial charge in [-0.25, -0.2) is 0 Å². The van der Waals surface area contributed by atoms with E-state index in [2.05, 4.69) is 6.92 Å². The van der Waals surface area contributed by atoms with Crippen LogP contribution >= 0.6 is 0 Å². The van der Waals surface area contributed by atoms with Gasteiger partial charge in [0.25, 0.3) is 5.91 Å². The third kappa shape index (κ3) is 4.33. The molecule has 3 aromatic rings. The number of likely N-dealkylation sites (N-methyl/N-ethyl adjacent to an activating group) is 1. The van der Waals surface area contributed by atoms with Gasteiger partial charge in [0.15, 0.2) is 16.9 Å². The SMILES string of the molecule is CCCCOc1ccc(C2c3c(oc4ccccc4c3=O)C(=O)N2CCN(C)C)cc1OC. The van der Waals surface area contributed by atoms with Crippen LogP contribution in [-0.4, -0.2) is 56.6 Å². The molecule has 0 fully saturated rings. The molecular formula is C26H30N2O5. The molecule has 0 spiro atoms. The molecule has 0 radical (unpaired) electrons. The van der Waals surface area contributed by atoms with E-state index in [1.165, 1.54) is 0 Å². The van der Waals surface area contributed by atoms with E-state index in [0.29, 0.717) is 47.7 Å². The highest BCUT2D eigenvalue weighted by atomic mass is 16.5. The molecule has 2 heterocycles. The summed E-state index contributed by atoms with van der Waals surface area (Å²) in [5, 5.41) is 0.468. The van der Waals surface area contributed by atoms with Crippen molar-refractivity contribution >= 4 is 16.9 Å². The molecule has 1 amide bonds. The van der Waals surface area contributed by atoms with Crippen molar-refractivity contribution in [2.75, 3.05) is 40.9 Å². The van der Waals surface area contributed by atoms with Crippen LogP contribution in [0.25, 0.3) is 11.0 Å². The molecule has 2 aromatic carbocycles. The maximum Gasteiger partial charge on any atom is 0.290 e. The van der Waals surface area contributed by atoms with E-state index in [1.807, 2.05) is 37.2 Å². The van der Waals surface area contributed by atoms with Crippen LogP contribution in [0.2, 0.25) is 0 Å². The highest BCUT2D eigenvalue weighted by Crippen LogP contribution is 2.40. The van der Waals surface area contributed by atoms with Crippen LogP contribution in [-0.2, 0) is 0 Å². The average molecular weight is 451 g/mol. The lowest BCUT2D eigenvalue weighted by Gasteiger charge is -2.27. The molecule has 174 valence electrons. The Morgan fingerprint density at radius 1 is 1.09 bits per heavy atom. The number of ether oxygens (including phenoxy) is 2. The van der Waals surface area contributed by atoms with Crippen molar-refractivity contribution in [3.05, 3.63) is 69.6 Å². The fourth-order valence-corrected chi connectivity index (χ4v) is 4.15. The van der Waals surface area contributed by atoms with Crippen LogP contribution in [0.15, 0.2) is 51.7 Å². The number of nitrogens with zero attached hydrogens (tertiary/aromatic N) is 2. The van der Waals surface area contributed by atoms with Gasteiger partial charge < -0.3 is 23.7 Å². The lowest BCUT2D eigenvalue weighted by Crippen LogP contribution is -2.35. The molecule has 1 aliphatic rings. The second-order valence-corrected chi connectivity index (χ2v) is 8.49. The summed E-state index contributed by atoms with van der Waals surface area (Å²) in [6.45, 7) is 3.81. The maximum atomic E-state index is 13.5. The van der Waals surface area contributed by atoms with Gasteiger partial charge in [0, 0.05) is 13.1 Å². The Morgan fingerprint density at radius 3 is 2.61 bits per heavy atom. The van der Waals surface area contributed by atoms with Crippen LogP contribution in [0.4, 0.5) is 0 Å². The van der Waals surface area contributed by atoms with E-state index in [0.717, 1.165) is 18.4 Å². The van der Waals surface area contributed by atoms with Crippen LogP contribution in [0.5, 0.6) is 11.5 Å². The summed E-state index contributed by atoms with van der Waals surface area (Å²) in [5.74, 6) is 1.05.